The van der Waals surface area contributed by atoms with Gasteiger partial charge < -0.3 is 9.15 Å². The fraction of sp³-hybridized carbons (Fsp3) is 0.160. The summed E-state index contributed by atoms with van der Waals surface area (Å²) in [6.45, 7) is 4.36. The minimum absolute atomic E-state index is 0.0492. The van der Waals surface area contributed by atoms with E-state index in [0.29, 0.717) is 29.6 Å². The quantitative estimate of drug-likeness (QED) is 0.359. The van der Waals surface area contributed by atoms with Crippen LogP contribution in [0.5, 0.6) is 5.75 Å². The Hall–Kier alpha value is -3.58. The maximum atomic E-state index is 13.5. The van der Waals surface area contributed by atoms with Crippen molar-refractivity contribution in [1.29, 1.82) is 0 Å². The van der Waals surface area contributed by atoms with Gasteiger partial charge in [-0.05, 0) is 62.4 Å². The number of hydrogen-bond acceptors (Lipinski definition) is 5. The molecule has 0 atom stereocenters. The molecule has 6 nitrogen and oxygen atoms in total. The van der Waals surface area contributed by atoms with Crippen molar-refractivity contribution < 1.29 is 17.6 Å². The summed E-state index contributed by atoms with van der Waals surface area (Å²) in [5.74, 6) is 1.77. The maximum Gasteiger partial charge on any atom is 0.264 e. The predicted octanol–water partition coefficient (Wildman–Crippen LogP) is 5.44. The molecule has 0 spiro atoms. The summed E-state index contributed by atoms with van der Waals surface area (Å²) in [7, 11) is -3.80. The highest BCUT2D eigenvalue weighted by Crippen LogP contribution is 2.29. The first-order chi connectivity index (χ1) is 15.5. The van der Waals surface area contributed by atoms with Gasteiger partial charge >= 0.3 is 0 Å². The topological polar surface area (TPSA) is 72.6 Å². The van der Waals surface area contributed by atoms with E-state index in [1.165, 1.54) is 4.31 Å². The summed E-state index contributed by atoms with van der Waals surface area (Å²) in [5, 5.41) is 0. The number of nitrogens with zero attached hydrogens (tertiary/aromatic N) is 2. The lowest BCUT2D eigenvalue weighted by atomic mass is 10.2. The zero-order valence-corrected chi connectivity index (χ0v) is 18.7. The Morgan fingerprint density at radius 2 is 1.53 bits per heavy atom. The monoisotopic (exact) mass is 448 g/mol. The van der Waals surface area contributed by atoms with Crippen molar-refractivity contribution in [3.05, 3.63) is 96.4 Å². The van der Waals surface area contributed by atoms with Gasteiger partial charge in [-0.3, -0.25) is 4.31 Å². The van der Waals surface area contributed by atoms with Crippen molar-refractivity contribution in [2.45, 2.75) is 25.3 Å². The number of para-hydroxylation sites is 1. The summed E-state index contributed by atoms with van der Waals surface area (Å²) in [5.41, 5.74) is 1.90. The van der Waals surface area contributed by atoms with Crippen molar-refractivity contribution in [2.75, 3.05) is 10.9 Å². The van der Waals surface area contributed by atoms with Crippen LogP contribution in [0.4, 0.5) is 5.69 Å². The number of aryl methyl sites for hydroxylation is 1. The molecule has 164 valence electrons. The highest BCUT2D eigenvalue weighted by atomic mass is 32.2. The molecule has 0 unspecified atom stereocenters. The third kappa shape index (κ3) is 4.53. The van der Waals surface area contributed by atoms with Crippen molar-refractivity contribution in [1.82, 2.24) is 4.98 Å². The standard InChI is InChI=1S/C25H24N2O4S/c1-3-30-22-16-14-20(15-17-22)25-26-24(19(2)31-25)18-27(21-10-6-4-7-11-21)32(28,29)23-12-8-5-9-13-23/h4-17H,3,18H2,1-2H3. The fourth-order valence-corrected chi connectivity index (χ4v) is 4.77. The Kier molecular flexibility index (Phi) is 6.28. The van der Waals surface area contributed by atoms with E-state index in [2.05, 4.69) is 4.98 Å². The van der Waals surface area contributed by atoms with Crippen molar-refractivity contribution in [3.63, 3.8) is 0 Å². The lowest BCUT2D eigenvalue weighted by Gasteiger charge is -2.24. The van der Waals surface area contributed by atoms with Crippen LogP contribution in [0.1, 0.15) is 18.4 Å². The van der Waals surface area contributed by atoms with E-state index in [1.807, 2.05) is 49.4 Å². The Labute approximate surface area is 188 Å². The lowest BCUT2D eigenvalue weighted by molar-refractivity contribution is 0.340. The third-order valence-electron chi connectivity index (χ3n) is 4.97. The molecule has 0 bridgehead atoms. The number of oxazole rings is 1. The predicted molar refractivity (Wildman–Crippen MR) is 124 cm³/mol. The third-order valence-corrected chi connectivity index (χ3v) is 6.76. The highest BCUT2D eigenvalue weighted by Gasteiger charge is 2.27. The second-order valence-corrected chi connectivity index (χ2v) is 9.00. The van der Waals surface area contributed by atoms with Crippen LogP contribution in [-0.2, 0) is 16.6 Å². The molecular weight excluding hydrogens is 424 g/mol. The van der Waals surface area contributed by atoms with E-state index in [9.17, 15) is 8.42 Å². The number of ether oxygens (including phenoxy) is 1. The Balaban J connectivity index is 1.69. The highest BCUT2D eigenvalue weighted by molar-refractivity contribution is 7.92. The Morgan fingerprint density at radius 3 is 2.16 bits per heavy atom. The number of hydrogen-bond donors (Lipinski definition) is 0. The molecule has 0 N–H and O–H groups in total. The van der Waals surface area contributed by atoms with Gasteiger partial charge in [0, 0.05) is 5.56 Å². The first-order valence-electron chi connectivity index (χ1n) is 10.3. The van der Waals surface area contributed by atoms with Crippen molar-refractivity contribution >= 4 is 15.7 Å². The average molecular weight is 449 g/mol. The van der Waals surface area contributed by atoms with E-state index in [0.717, 1.165) is 11.3 Å². The van der Waals surface area contributed by atoms with E-state index >= 15 is 0 Å². The molecule has 0 fully saturated rings. The van der Waals surface area contributed by atoms with Gasteiger partial charge in [0.25, 0.3) is 10.0 Å². The molecule has 0 aliphatic heterocycles. The van der Waals surface area contributed by atoms with Gasteiger partial charge in [0.1, 0.15) is 17.2 Å². The minimum atomic E-state index is -3.80. The molecular formula is C25H24N2O4S. The molecule has 1 heterocycles. The summed E-state index contributed by atoms with van der Waals surface area (Å²) in [6.07, 6.45) is 0. The van der Waals surface area contributed by atoms with Gasteiger partial charge in [-0.1, -0.05) is 36.4 Å². The van der Waals surface area contributed by atoms with Crippen LogP contribution in [0.2, 0.25) is 0 Å². The first-order valence-corrected chi connectivity index (χ1v) is 11.8. The molecule has 4 aromatic rings. The maximum absolute atomic E-state index is 13.5. The van der Waals surface area contributed by atoms with Crippen LogP contribution in [0.25, 0.3) is 11.5 Å². The number of benzene rings is 3. The van der Waals surface area contributed by atoms with Crippen LogP contribution >= 0.6 is 0 Å². The molecule has 0 aliphatic rings. The molecule has 4 rings (SSSR count). The number of rotatable bonds is 8. The normalized spacial score (nSPS) is 11.3. The second kappa shape index (κ2) is 9.28. The summed E-state index contributed by atoms with van der Waals surface area (Å²) in [4.78, 5) is 4.83. The van der Waals surface area contributed by atoms with Gasteiger partial charge in [-0.2, -0.15) is 0 Å². The smallest absolute Gasteiger partial charge is 0.264 e. The molecule has 0 amide bonds. The molecule has 1 aromatic heterocycles. The van der Waals surface area contributed by atoms with Crippen LogP contribution < -0.4 is 9.04 Å². The molecule has 0 saturated heterocycles. The van der Waals surface area contributed by atoms with Gasteiger partial charge in [-0.25, -0.2) is 13.4 Å². The molecule has 0 aliphatic carbocycles. The average Bonchev–Trinajstić information content (AvgIpc) is 3.19. The van der Waals surface area contributed by atoms with E-state index in [4.69, 9.17) is 9.15 Å². The molecule has 0 saturated carbocycles. The number of anilines is 1. The largest absolute Gasteiger partial charge is 0.494 e. The zero-order chi connectivity index (χ0) is 22.6. The van der Waals surface area contributed by atoms with Gasteiger partial charge in [-0.15, -0.1) is 0 Å². The van der Waals surface area contributed by atoms with E-state index < -0.39 is 10.0 Å². The van der Waals surface area contributed by atoms with Gasteiger partial charge in [0.05, 0.1) is 23.7 Å². The summed E-state index contributed by atoms with van der Waals surface area (Å²) < 4.78 is 39.7. The van der Waals surface area contributed by atoms with Crippen molar-refractivity contribution in [2.24, 2.45) is 0 Å². The van der Waals surface area contributed by atoms with Crippen LogP contribution in [0.3, 0.4) is 0 Å². The van der Waals surface area contributed by atoms with Gasteiger partial charge in [0.2, 0.25) is 5.89 Å². The molecule has 32 heavy (non-hydrogen) atoms. The summed E-state index contributed by atoms with van der Waals surface area (Å²) >= 11 is 0. The van der Waals surface area contributed by atoms with Crippen LogP contribution in [0.15, 0.2) is 94.2 Å². The Bertz CT molecular complexity index is 1270. The Morgan fingerprint density at radius 1 is 0.906 bits per heavy atom. The second-order valence-electron chi connectivity index (χ2n) is 7.14. The molecule has 0 radical (unpaired) electrons. The zero-order valence-electron chi connectivity index (χ0n) is 17.9. The molecule has 7 heteroatoms. The van der Waals surface area contributed by atoms with E-state index in [1.54, 1.807) is 49.4 Å². The lowest BCUT2D eigenvalue weighted by Crippen LogP contribution is -2.31. The number of aromatic nitrogens is 1. The number of sulfonamides is 1. The summed E-state index contributed by atoms with van der Waals surface area (Å²) in [6, 6.07) is 24.8. The fourth-order valence-electron chi connectivity index (χ4n) is 3.32. The van der Waals surface area contributed by atoms with Crippen LogP contribution in [0, 0.1) is 6.92 Å². The minimum Gasteiger partial charge on any atom is -0.494 e. The van der Waals surface area contributed by atoms with E-state index in [-0.39, 0.29) is 11.4 Å². The van der Waals surface area contributed by atoms with Gasteiger partial charge in [0.15, 0.2) is 0 Å². The SMILES string of the molecule is CCOc1ccc(-c2nc(CN(c3ccccc3)S(=O)(=O)c3ccccc3)c(C)o2)cc1. The molecule has 3 aromatic carbocycles. The first kappa shape index (κ1) is 21.6. The van der Waals surface area contributed by atoms with Crippen LogP contribution in [-0.4, -0.2) is 20.0 Å². The van der Waals surface area contributed by atoms with Crippen molar-refractivity contribution in [3.8, 4) is 17.2 Å².